The van der Waals surface area contributed by atoms with Gasteiger partial charge in [0.05, 0.1) is 0 Å². The first-order chi connectivity index (χ1) is 13.8. The van der Waals surface area contributed by atoms with Gasteiger partial charge in [-0.25, -0.2) is 9.97 Å². The summed E-state index contributed by atoms with van der Waals surface area (Å²) in [6, 6.07) is 10.2. The molecule has 1 amide bonds. The normalized spacial score (nSPS) is 21.8. The molecular weight excluding hydrogens is 352 g/mol. The fourth-order valence-electron chi connectivity index (χ4n) is 4.51. The Morgan fingerprint density at radius 1 is 1.00 bits per heavy atom. The van der Waals surface area contributed by atoms with Crippen LogP contribution < -0.4 is 4.90 Å². The molecule has 1 aliphatic carbocycles. The minimum Gasteiger partial charge on any atom is -0.368 e. The quantitative estimate of drug-likeness (QED) is 0.821. The van der Waals surface area contributed by atoms with Crippen LogP contribution in [0.3, 0.4) is 0 Å². The number of benzene rings is 1. The molecule has 1 atom stereocenters. The average Bonchev–Trinajstić information content (AvgIpc) is 3.45. The fourth-order valence-corrected chi connectivity index (χ4v) is 4.51. The van der Waals surface area contributed by atoms with Crippen molar-refractivity contribution in [1.29, 1.82) is 0 Å². The van der Waals surface area contributed by atoms with E-state index in [-0.39, 0.29) is 12.0 Å². The smallest absolute Gasteiger partial charge is 0.251 e. The molecule has 146 valence electrons. The molecule has 1 aromatic carbocycles. The molecule has 3 heterocycles. The van der Waals surface area contributed by atoms with Gasteiger partial charge in [0, 0.05) is 49.6 Å². The van der Waals surface area contributed by atoms with Crippen molar-refractivity contribution in [3.8, 4) is 11.4 Å². The second-order valence-electron chi connectivity index (χ2n) is 7.83. The van der Waals surface area contributed by atoms with Crippen molar-refractivity contribution in [2.45, 2.75) is 38.2 Å². The van der Waals surface area contributed by atoms with Gasteiger partial charge in [0.1, 0.15) is 11.9 Å². The molecule has 0 radical (unpaired) electrons. The number of fused-ring (bicyclic) bond motifs is 1. The van der Waals surface area contributed by atoms with Crippen molar-refractivity contribution in [2.24, 2.45) is 0 Å². The number of hydrogen-bond donors (Lipinski definition) is 0. The van der Waals surface area contributed by atoms with Crippen LogP contribution in [0.2, 0.25) is 0 Å². The lowest BCUT2D eigenvalue weighted by Crippen LogP contribution is -2.51. The third-order valence-corrected chi connectivity index (χ3v) is 6.04. The summed E-state index contributed by atoms with van der Waals surface area (Å²) < 4.78 is 5.58. The Labute approximate surface area is 165 Å². The van der Waals surface area contributed by atoms with E-state index in [0.717, 1.165) is 75.5 Å². The highest BCUT2D eigenvalue weighted by Crippen LogP contribution is 2.32. The van der Waals surface area contributed by atoms with Crippen molar-refractivity contribution < 1.29 is 9.53 Å². The van der Waals surface area contributed by atoms with Crippen molar-refractivity contribution in [1.82, 2.24) is 14.9 Å². The number of carbonyl (C=O) groups excluding carboxylic acids is 1. The van der Waals surface area contributed by atoms with Gasteiger partial charge in [0.15, 0.2) is 5.82 Å². The molecule has 2 fully saturated rings. The van der Waals surface area contributed by atoms with Gasteiger partial charge in [0.2, 0.25) is 0 Å². The first-order valence-electron chi connectivity index (χ1n) is 10.4. The summed E-state index contributed by atoms with van der Waals surface area (Å²) in [6.07, 6.45) is 4.86. The average molecular weight is 378 g/mol. The summed E-state index contributed by atoms with van der Waals surface area (Å²) in [5, 5.41) is 0. The molecule has 3 aliphatic rings. The van der Waals surface area contributed by atoms with Crippen molar-refractivity contribution in [3.05, 3.63) is 41.6 Å². The van der Waals surface area contributed by atoms with E-state index in [4.69, 9.17) is 14.7 Å². The number of rotatable bonds is 3. The van der Waals surface area contributed by atoms with E-state index in [2.05, 4.69) is 17.0 Å². The number of anilines is 1. The Kier molecular flexibility index (Phi) is 4.72. The monoisotopic (exact) mass is 378 g/mol. The molecule has 6 nitrogen and oxygen atoms in total. The highest BCUT2D eigenvalue weighted by atomic mass is 16.5. The SMILES string of the molecule is O=C([C@H]1CCCO1)N1CCN(c2nc(-c3ccccc3)nc3c2CCC3)CC1. The predicted molar refractivity (Wildman–Crippen MR) is 107 cm³/mol. The maximum absolute atomic E-state index is 12.6. The Balaban J connectivity index is 1.36. The van der Waals surface area contributed by atoms with Crippen molar-refractivity contribution >= 4 is 11.7 Å². The largest absolute Gasteiger partial charge is 0.368 e. The molecule has 6 heteroatoms. The number of hydrogen-bond acceptors (Lipinski definition) is 5. The molecule has 1 aromatic heterocycles. The molecule has 0 unspecified atom stereocenters. The Morgan fingerprint density at radius 3 is 2.57 bits per heavy atom. The van der Waals surface area contributed by atoms with Crippen LogP contribution in [0.1, 0.15) is 30.5 Å². The zero-order valence-electron chi connectivity index (χ0n) is 16.1. The van der Waals surface area contributed by atoms with Gasteiger partial charge in [-0.3, -0.25) is 4.79 Å². The van der Waals surface area contributed by atoms with E-state index in [1.54, 1.807) is 0 Å². The Morgan fingerprint density at radius 2 is 1.82 bits per heavy atom. The number of aromatic nitrogens is 2. The van der Waals surface area contributed by atoms with Crippen molar-refractivity contribution in [2.75, 3.05) is 37.7 Å². The standard InChI is InChI=1S/C22H26N4O2/c27-22(19-10-5-15-28-19)26-13-11-25(12-14-26)21-17-8-4-9-18(17)23-20(24-21)16-6-2-1-3-7-16/h1-3,6-7,19H,4-5,8-15H2/t19-/m1/s1. The molecule has 2 aromatic rings. The molecule has 0 spiro atoms. The summed E-state index contributed by atoms with van der Waals surface area (Å²) in [6.45, 7) is 3.81. The number of carbonyl (C=O) groups is 1. The third-order valence-electron chi connectivity index (χ3n) is 6.04. The second-order valence-corrected chi connectivity index (χ2v) is 7.83. The fraction of sp³-hybridized carbons (Fsp3) is 0.500. The van der Waals surface area contributed by atoms with Crippen LogP contribution in [0.25, 0.3) is 11.4 Å². The minimum atomic E-state index is -0.223. The van der Waals surface area contributed by atoms with E-state index >= 15 is 0 Å². The van der Waals surface area contributed by atoms with Gasteiger partial charge in [-0.2, -0.15) is 0 Å². The van der Waals surface area contributed by atoms with Crippen LogP contribution in [0.4, 0.5) is 5.82 Å². The summed E-state index contributed by atoms with van der Waals surface area (Å²) in [5.74, 6) is 2.05. The van der Waals surface area contributed by atoms with Crippen LogP contribution in [0, 0.1) is 0 Å². The molecule has 2 saturated heterocycles. The van der Waals surface area contributed by atoms with E-state index < -0.39 is 0 Å². The van der Waals surface area contributed by atoms with E-state index in [1.165, 1.54) is 11.3 Å². The second kappa shape index (κ2) is 7.51. The lowest BCUT2D eigenvalue weighted by molar-refractivity contribution is -0.141. The number of ether oxygens (including phenoxy) is 1. The van der Waals surface area contributed by atoms with Gasteiger partial charge in [-0.15, -0.1) is 0 Å². The third kappa shape index (κ3) is 3.26. The lowest BCUT2D eigenvalue weighted by Gasteiger charge is -2.37. The molecular formula is C22H26N4O2. The van der Waals surface area contributed by atoms with E-state index in [9.17, 15) is 4.79 Å². The molecule has 5 rings (SSSR count). The molecule has 2 aliphatic heterocycles. The molecule has 0 saturated carbocycles. The summed E-state index contributed by atoms with van der Waals surface area (Å²) in [4.78, 5) is 26.8. The maximum atomic E-state index is 12.6. The van der Waals surface area contributed by atoms with Gasteiger partial charge >= 0.3 is 0 Å². The number of aryl methyl sites for hydroxylation is 1. The van der Waals surface area contributed by atoms with Crippen LogP contribution in [0.5, 0.6) is 0 Å². The first kappa shape index (κ1) is 17.6. The molecule has 0 N–H and O–H groups in total. The van der Waals surface area contributed by atoms with E-state index in [0.29, 0.717) is 6.61 Å². The highest BCUT2D eigenvalue weighted by Gasteiger charge is 2.32. The van der Waals surface area contributed by atoms with Crippen LogP contribution in [-0.4, -0.2) is 59.7 Å². The summed E-state index contributed by atoms with van der Waals surface area (Å²) >= 11 is 0. The van der Waals surface area contributed by atoms with Gasteiger partial charge < -0.3 is 14.5 Å². The van der Waals surface area contributed by atoms with Gasteiger partial charge in [-0.05, 0) is 32.1 Å². The van der Waals surface area contributed by atoms with Gasteiger partial charge in [0.25, 0.3) is 5.91 Å². The predicted octanol–water partition coefficient (Wildman–Crippen LogP) is 2.46. The number of amides is 1. The zero-order chi connectivity index (χ0) is 18.9. The van der Waals surface area contributed by atoms with Crippen LogP contribution >= 0.6 is 0 Å². The summed E-state index contributed by atoms with van der Waals surface area (Å²) in [7, 11) is 0. The zero-order valence-corrected chi connectivity index (χ0v) is 16.1. The Hall–Kier alpha value is -2.47. The number of nitrogens with zero attached hydrogens (tertiary/aromatic N) is 4. The summed E-state index contributed by atoms with van der Waals surface area (Å²) in [5.41, 5.74) is 3.56. The van der Waals surface area contributed by atoms with Crippen LogP contribution in [0.15, 0.2) is 30.3 Å². The lowest BCUT2D eigenvalue weighted by atomic mass is 10.1. The number of piperazine rings is 1. The van der Waals surface area contributed by atoms with Crippen molar-refractivity contribution in [3.63, 3.8) is 0 Å². The molecule has 28 heavy (non-hydrogen) atoms. The van der Waals surface area contributed by atoms with E-state index in [1.807, 2.05) is 23.1 Å². The Bertz CT molecular complexity index is 856. The first-order valence-corrected chi connectivity index (χ1v) is 10.4. The molecule has 0 bridgehead atoms. The maximum Gasteiger partial charge on any atom is 0.251 e. The topological polar surface area (TPSA) is 58.6 Å². The van der Waals surface area contributed by atoms with Gasteiger partial charge in [-0.1, -0.05) is 30.3 Å². The minimum absolute atomic E-state index is 0.162. The highest BCUT2D eigenvalue weighted by molar-refractivity contribution is 5.81. The van der Waals surface area contributed by atoms with Crippen LogP contribution in [-0.2, 0) is 22.4 Å².